The van der Waals surface area contributed by atoms with Gasteiger partial charge in [0, 0.05) is 23.3 Å². The molecule has 3 nitrogen and oxygen atoms in total. The Hall–Kier alpha value is -2.91. The highest BCUT2D eigenvalue weighted by Crippen LogP contribution is 2.32. The molecule has 0 aliphatic heterocycles. The standard InChI is InChI=1S/C24H20ClF6NO2/c1-15-10-20(8-9-21(15)25)34-19-7-3-6-18(12-19)32(14-22(33)24(29,30)31)13-16-4-2-5-17(11-16)23(26,27)28/h2-12,22,33H,13-14H2,1H3. The summed E-state index contributed by atoms with van der Waals surface area (Å²) in [6.07, 6.45) is -12.2. The van der Waals surface area contributed by atoms with Gasteiger partial charge in [0.2, 0.25) is 0 Å². The minimum absolute atomic E-state index is 0.129. The van der Waals surface area contributed by atoms with Gasteiger partial charge in [0.25, 0.3) is 0 Å². The Balaban J connectivity index is 1.91. The Morgan fingerprint density at radius 2 is 1.59 bits per heavy atom. The third kappa shape index (κ3) is 6.80. The Morgan fingerprint density at radius 3 is 2.24 bits per heavy atom. The van der Waals surface area contributed by atoms with Crippen LogP contribution in [0.5, 0.6) is 11.5 Å². The van der Waals surface area contributed by atoms with Gasteiger partial charge in [-0.05, 0) is 60.5 Å². The topological polar surface area (TPSA) is 32.7 Å². The first kappa shape index (κ1) is 25.7. The van der Waals surface area contributed by atoms with Gasteiger partial charge < -0.3 is 14.7 Å². The van der Waals surface area contributed by atoms with E-state index in [4.69, 9.17) is 16.3 Å². The fourth-order valence-corrected chi connectivity index (χ4v) is 3.32. The van der Waals surface area contributed by atoms with Crippen LogP contribution in [0.15, 0.2) is 66.7 Å². The van der Waals surface area contributed by atoms with Crippen molar-refractivity contribution in [3.05, 3.63) is 88.4 Å². The summed E-state index contributed by atoms with van der Waals surface area (Å²) in [5, 5.41) is 10.2. The molecule has 1 N–H and O–H groups in total. The molecule has 0 amide bonds. The Bertz CT molecular complexity index is 1130. The first-order chi connectivity index (χ1) is 15.8. The van der Waals surface area contributed by atoms with Crippen molar-refractivity contribution in [1.29, 1.82) is 0 Å². The molecule has 1 unspecified atom stereocenters. The molecule has 0 radical (unpaired) electrons. The SMILES string of the molecule is Cc1cc(Oc2cccc(N(Cc3cccc(C(F)(F)F)c3)CC(O)C(F)(F)F)c2)ccc1Cl. The molecular formula is C24H20ClF6NO2. The van der Waals surface area contributed by atoms with E-state index < -0.39 is 30.6 Å². The first-order valence-electron chi connectivity index (χ1n) is 10.0. The second-order valence-corrected chi connectivity index (χ2v) is 8.05. The molecular weight excluding hydrogens is 484 g/mol. The first-order valence-corrected chi connectivity index (χ1v) is 10.4. The molecule has 1 atom stereocenters. The van der Waals surface area contributed by atoms with Crippen LogP contribution < -0.4 is 9.64 Å². The van der Waals surface area contributed by atoms with E-state index in [1.54, 1.807) is 31.2 Å². The van der Waals surface area contributed by atoms with Gasteiger partial charge in [0.1, 0.15) is 11.5 Å². The third-order valence-electron chi connectivity index (χ3n) is 4.95. The van der Waals surface area contributed by atoms with Crippen molar-refractivity contribution >= 4 is 17.3 Å². The fourth-order valence-electron chi connectivity index (χ4n) is 3.20. The van der Waals surface area contributed by atoms with Crippen molar-refractivity contribution in [2.45, 2.75) is 31.9 Å². The average molecular weight is 504 g/mol. The molecule has 10 heteroatoms. The van der Waals surface area contributed by atoms with Crippen LogP contribution >= 0.6 is 11.6 Å². The lowest BCUT2D eigenvalue weighted by Gasteiger charge is -2.29. The molecule has 0 heterocycles. The van der Waals surface area contributed by atoms with Crippen molar-refractivity contribution in [3.8, 4) is 11.5 Å². The second kappa shape index (κ2) is 10.1. The summed E-state index contributed by atoms with van der Waals surface area (Å²) in [4.78, 5) is 1.15. The zero-order chi connectivity index (χ0) is 25.1. The lowest BCUT2D eigenvalue weighted by Crippen LogP contribution is -2.40. The summed E-state index contributed by atoms with van der Waals surface area (Å²) in [7, 11) is 0. The number of benzene rings is 3. The number of rotatable bonds is 7. The molecule has 3 aromatic carbocycles. The van der Waals surface area contributed by atoms with Crippen molar-refractivity contribution in [2.24, 2.45) is 0 Å². The molecule has 0 saturated carbocycles. The highest BCUT2D eigenvalue weighted by molar-refractivity contribution is 6.31. The number of aliphatic hydroxyl groups is 1. The van der Waals surface area contributed by atoms with Crippen LogP contribution in [0.2, 0.25) is 5.02 Å². The maximum absolute atomic E-state index is 13.1. The minimum Gasteiger partial charge on any atom is -0.457 e. The van der Waals surface area contributed by atoms with Crippen LogP contribution in [0.1, 0.15) is 16.7 Å². The van der Waals surface area contributed by atoms with Gasteiger partial charge in [-0.25, -0.2) is 0 Å². The summed E-state index contributed by atoms with van der Waals surface area (Å²) in [5.74, 6) is 0.730. The molecule has 0 fully saturated rings. The van der Waals surface area contributed by atoms with Gasteiger partial charge in [0.05, 0.1) is 12.1 Å². The average Bonchev–Trinajstić information content (AvgIpc) is 2.75. The highest BCUT2D eigenvalue weighted by atomic mass is 35.5. The normalized spacial score (nSPS) is 13.0. The van der Waals surface area contributed by atoms with Crippen LogP contribution in [0, 0.1) is 6.92 Å². The number of aliphatic hydroxyl groups excluding tert-OH is 1. The quantitative estimate of drug-likeness (QED) is 0.341. The van der Waals surface area contributed by atoms with E-state index in [0.717, 1.165) is 22.6 Å². The van der Waals surface area contributed by atoms with Crippen LogP contribution in [-0.4, -0.2) is 23.9 Å². The summed E-state index contributed by atoms with van der Waals surface area (Å²) >= 11 is 6.00. The molecule has 182 valence electrons. The smallest absolute Gasteiger partial charge is 0.416 e. The molecule has 0 bridgehead atoms. The van der Waals surface area contributed by atoms with Crippen molar-refractivity contribution in [3.63, 3.8) is 0 Å². The number of anilines is 1. The second-order valence-electron chi connectivity index (χ2n) is 7.65. The van der Waals surface area contributed by atoms with Gasteiger partial charge in [-0.15, -0.1) is 0 Å². The monoisotopic (exact) mass is 503 g/mol. The summed E-state index contributed by atoms with van der Waals surface area (Å²) in [6.45, 7) is 0.588. The molecule has 0 aliphatic carbocycles. The van der Waals surface area contributed by atoms with E-state index in [-0.39, 0.29) is 23.5 Å². The molecule has 0 saturated heterocycles. The van der Waals surface area contributed by atoms with Crippen LogP contribution in [0.4, 0.5) is 32.0 Å². The predicted molar refractivity (Wildman–Crippen MR) is 117 cm³/mol. The molecule has 3 rings (SSSR count). The molecule has 34 heavy (non-hydrogen) atoms. The van der Waals surface area contributed by atoms with E-state index in [9.17, 15) is 31.4 Å². The number of aryl methyl sites for hydroxylation is 1. The number of ether oxygens (including phenoxy) is 1. The third-order valence-corrected chi connectivity index (χ3v) is 5.37. The highest BCUT2D eigenvalue weighted by Gasteiger charge is 2.39. The van der Waals surface area contributed by atoms with Crippen LogP contribution in [-0.2, 0) is 12.7 Å². The van der Waals surface area contributed by atoms with Gasteiger partial charge >= 0.3 is 12.4 Å². The number of hydrogen-bond donors (Lipinski definition) is 1. The van der Waals surface area contributed by atoms with Crippen molar-refractivity contribution in [1.82, 2.24) is 0 Å². The molecule has 0 aromatic heterocycles. The molecule has 0 spiro atoms. The number of halogens is 7. The van der Waals surface area contributed by atoms with Crippen molar-refractivity contribution in [2.75, 3.05) is 11.4 Å². The van der Waals surface area contributed by atoms with Crippen LogP contribution in [0.3, 0.4) is 0 Å². The van der Waals surface area contributed by atoms with Gasteiger partial charge in [-0.2, -0.15) is 26.3 Å². The summed E-state index contributed by atoms with van der Waals surface area (Å²) < 4.78 is 84.2. The fraction of sp³-hybridized carbons (Fsp3) is 0.250. The largest absolute Gasteiger partial charge is 0.457 e. The van der Waals surface area contributed by atoms with Gasteiger partial charge in [-0.3, -0.25) is 0 Å². The van der Waals surface area contributed by atoms with E-state index in [1.807, 2.05) is 0 Å². The number of nitrogens with zero attached hydrogens (tertiary/aromatic N) is 1. The maximum atomic E-state index is 13.1. The maximum Gasteiger partial charge on any atom is 0.416 e. The Labute approximate surface area is 197 Å². The Kier molecular flexibility index (Phi) is 7.67. The van der Waals surface area contributed by atoms with Gasteiger partial charge in [-0.1, -0.05) is 29.8 Å². The lowest BCUT2D eigenvalue weighted by molar-refractivity contribution is -0.200. The number of alkyl halides is 6. The molecule has 0 aliphatic rings. The summed E-state index contributed by atoms with van der Waals surface area (Å²) in [5.41, 5.74) is 0.194. The number of hydrogen-bond acceptors (Lipinski definition) is 3. The van der Waals surface area contributed by atoms with E-state index >= 15 is 0 Å². The molecule has 3 aromatic rings. The minimum atomic E-state index is -4.90. The van der Waals surface area contributed by atoms with Crippen LogP contribution in [0.25, 0.3) is 0 Å². The van der Waals surface area contributed by atoms with Gasteiger partial charge in [0.15, 0.2) is 6.10 Å². The van der Waals surface area contributed by atoms with E-state index in [0.29, 0.717) is 10.8 Å². The lowest BCUT2D eigenvalue weighted by atomic mass is 10.1. The predicted octanol–water partition coefficient (Wildman–Crippen LogP) is 7.39. The van der Waals surface area contributed by atoms with Crippen molar-refractivity contribution < 1.29 is 36.2 Å². The summed E-state index contributed by atoms with van der Waals surface area (Å²) in [6, 6.07) is 15.3. The van der Waals surface area contributed by atoms with E-state index in [1.165, 1.54) is 30.3 Å². The zero-order valence-electron chi connectivity index (χ0n) is 17.8. The zero-order valence-corrected chi connectivity index (χ0v) is 18.5. The van der Waals surface area contributed by atoms with E-state index in [2.05, 4.69) is 0 Å². The Morgan fingerprint density at radius 1 is 0.912 bits per heavy atom.